The number of hydrogen-bond donors (Lipinski definition) is 0. The van der Waals surface area contributed by atoms with E-state index in [1.165, 1.54) is 22.9 Å². The van der Waals surface area contributed by atoms with Crippen molar-refractivity contribution < 1.29 is 4.79 Å². The molecule has 1 saturated carbocycles. The van der Waals surface area contributed by atoms with Gasteiger partial charge in [0.25, 0.3) is 0 Å². The Morgan fingerprint density at radius 1 is 1.08 bits per heavy atom. The van der Waals surface area contributed by atoms with E-state index in [9.17, 15) is 4.79 Å². The van der Waals surface area contributed by atoms with E-state index in [0.29, 0.717) is 34.0 Å². The van der Waals surface area contributed by atoms with Crippen molar-refractivity contribution in [2.24, 2.45) is 0 Å². The molecule has 0 atom stereocenters. The summed E-state index contributed by atoms with van der Waals surface area (Å²) in [6.45, 7) is 2.21. The molecule has 0 bridgehead atoms. The van der Waals surface area contributed by atoms with Crippen LogP contribution in [0.4, 0.5) is 0 Å². The van der Waals surface area contributed by atoms with Crippen molar-refractivity contribution in [2.45, 2.75) is 37.5 Å². The number of carbonyl (C=O) groups is 1. The van der Waals surface area contributed by atoms with E-state index in [4.69, 9.17) is 23.2 Å². The van der Waals surface area contributed by atoms with Crippen LogP contribution in [0.15, 0.2) is 18.2 Å². The molecule has 2 aliphatic rings. The predicted octanol–water partition coefficient (Wildman–Crippen LogP) is 4.78. The van der Waals surface area contributed by atoms with Gasteiger partial charge in [0.15, 0.2) is 5.78 Å². The standard InChI is InChI=1S/C18H19Cl2N3OS/c19-13-3-4-14(15(20)9-13)16(24)10-23-7-5-12(6-8-23)18-22-21-17(25-18)11-1-2-11/h3-4,9,11-12H,1-2,5-8,10H2. The van der Waals surface area contributed by atoms with Crippen LogP contribution in [0.1, 0.15) is 57.9 Å². The van der Waals surface area contributed by atoms with Crippen molar-refractivity contribution in [3.63, 3.8) is 0 Å². The van der Waals surface area contributed by atoms with Crippen LogP contribution in [0, 0.1) is 0 Å². The Balaban J connectivity index is 1.32. The van der Waals surface area contributed by atoms with Gasteiger partial charge in [0.1, 0.15) is 10.0 Å². The molecule has 25 heavy (non-hydrogen) atoms. The van der Waals surface area contributed by atoms with Gasteiger partial charge in [-0.05, 0) is 57.0 Å². The molecule has 1 saturated heterocycles. The number of halogens is 2. The average molecular weight is 396 g/mol. The number of rotatable bonds is 5. The van der Waals surface area contributed by atoms with Gasteiger partial charge in [0.05, 0.1) is 11.6 Å². The van der Waals surface area contributed by atoms with Crippen LogP contribution in [0.3, 0.4) is 0 Å². The minimum Gasteiger partial charge on any atom is -0.296 e. The summed E-state index contributed by atoms with van der Waals surface area (Å²) in [5, 5.41) is 12.1. The zero-order valence-corrected chi connectivity index (χ0v) is 16.1. The first kappa shape index (κ1) is 17.4. The summed E-state index contributed by atoms with van der Waals surface area (Å²) in [5.41, 5.74) is 0.548. The second-order valence-corrected chi connectivity index (χ2v) is 8.73. The molecule has 132 valence electrons. The fraction of sp³-hybridized carbons (Fsp3) is 0.500. The topological polar surface area (TPSA) is 46.1 Å². The van der Waals surface area contributed by atoms with Gasteiger partial charge in [-0.1, -0.05) is 23.2 Å². The zero-order chi connectivity index (χ0) is 17.4. The molecule has 0 radical (unpaired) electrons. The molecule has 1 aliphatic heterocycles. The van der Waals surface area contributed by atoms with Gasteiger partial charge in [-0.15, -0.1) is 21.5 Å². The summed E-state index contributed by atoms with van der Waals surface area (Å²) >= 11 is 13.8. The highest BCUT2D eigenvalue weighted by Crippen LogP contribution is 2.43. The highest BCUT2D eigenvalue weighted by molar-refractivity contribution is 7.11. The van der Waals surface area contributed by atoms with E-state index >= 15 is 0 Å². The maximum Gasteiger partial charge on any atom is 0.178 e. The van der Waals surface area contributed by atoms with Crippen LogP contribution in [-0.4, -0.2) is 40.5 Å². The molecule has 7 heteroatoms. The van der Waals surface area contributed by atoms with Crippen LogP contribution >= 0.6 is 34.5 Å². The summed E-state index contributed by atoms with van der Waals surface area (Å²) in [6, 6.07) is 5.04. The number of ketones is 1. The molecule has 0 N–H and O–H groups in total. The minimum atomic E-state index is 0.0482. The molecule has 0 amide bonds. The Morgan fingerprint density at radius 3 is 2.32 bits per heavy atom. The van der Waals surface area contributed by atoms with E-state index in [1.807, 2.05) is 0 Å². The summed E-state index contributed by atoms with van der Waals surface area (Å²) in [5.74, 6) is 1.20. The predicted molar refractivity (Wildman–Crippen MR) is 101 cm³/mol. The number of nitrogens with zero attached hydrogens (tertiary/aromatic N) is 3. The molecule has 0 unspecified atom stereocenters. The van der Waals surface area contributed by atoms with Gasteiger partial charge < -0.3 is 0 Å². The van der Waals surface area contributed by atoms with Crippen molar-refractivity contribution in [3.8, 4) is 0 Å². The first-order valence-electron chi connectivity index (χ1n) is 8.64. The normalized spacial score (nSPS) is 19.3. The smallest absolute Gasteiger partial charge is 0.178 e. The van der Waals surface area contributed by atoms with Crippen LogP contribution < -0.4 is 0 Å². The Labute approximate surface area is 161 Å². The molecule has 1 aromatic carbocycles. The minimum absolute atomic E-state index is 0.0482. The monoisotopic (exact) mass is 395 g/mol. The van der Waals surface area contributed by atoms with Crippen molar-refractivity contribution >= 4 is 40.3 Å². The third kappa shape index (κ3) is 4.05. The summed E-state index contributed by atoms with van der Waals surface area (Å²) in [4.78, 5) is 14.7. The van der Waals surface area contributed by atoms with E-state index in [2.05, 4.69) is 15.1 Å². The SMILES string of the molecule is O=C(CN1CCC(c2nnc(C3CC3)s2)CC1)c1ccc(Cl)cc1Cl. The van der Waals surface area contributed by atoms with Crippen molar-refractivity contribution in [1.29, 1.82) is 0 Å². The van der Waals surface area contributed by atoms with Gasteiger partial charge in [-0.3, -0.25) is 9.69 Å². The quantitative estimate of drug-likeness (QED) is 0.682. The fourth-order valence-electron chi connectivity index (χ4n) is 3.25. The maximum atomic E-state index is 12.5. The molecule has 2 aromatic rings. The second-order valence-electron chi connectivity index (χ2n) is 6.85. The number of likely N-dealkylation sites (tertiary alicyclic amines) is 1. The van der Waals surface area contributed by atoms with Crippen LogP contribution in [0.5, 0.6) is 0 Å². The molecule has 0 spiro atoms. The fourth-order valence-corrected chi connectivity index (χ4v) is 4.94. The summed E-state index contributed by atoms with van der Waals surface area (Å²) in [6.07, 6.45) is 4.59. The number of aromatic nitrogens is 2. The number of hydrogen-bond acceptors (Lipinski definition) is 5. The number of Topliss-reactive ketones (excluding diaryl/α,β-unsaturated/α-hetero) is 1. The van der Waals surface area contributed by atoms with Crippen molar-refractivity contribution in [2.75, 3.05) is 19.6 Å². The van der Waals surface area contributed by atoms with E-state index in [0.717, 1.165) is 25.9 Å². The lowest BCUT2D eigenvalue weighted by Gasteiger charge is -2.30. The van der Waals surface area contributed by atoms with Crippen molar-refractivity contribution in [3.05, 3.63) is 43.8 Å². The van der Waals surface area contributed by atoms with Gasteiger partial charge in [-0.2, -0.15) is 0 Å². The molecular formula is C18H19Cl2N3OS. The molecule has 4 nitrogen and oxygen atoms in total. The van der Waals surface area contributed by atoms with Gasteiger partial charge in [-0.25, -0.2) is 0 Å². The molecule has 1 aliphatic carbocycles. The number of piperidine rings is 1. The zero-order valence-electron chi connectivity index (χ0n) is 13.8. The Hall–Kier alpha value is -1.01. The second kappa shape index (κ2) is 7.31. The van der Waals surface area contributed by atoms with Gasteiger partial charge in [0, 0.05) is 22.4 Å². The summed E-state index contributed by atoms with van der Waals surface area (Å²) < 4.78 is 0. The van der Waals surface area contributed by atoms with Crippen LogP contribution in [-0.2, 0) is 0 Å². The third-order valence-electron chi connectivity index (χ3n) is 4.92. The van der Waals surface area contributed by atoms with Crippen LogP contribution in [0.25, 0.3) is 0 Å². The summed E-state index contributed by atoms with van der Waals surface area (Å²) in [7, 11) is 0. The third-order valence-corrected chi connectivity index (χ3v) is 6.71. The van der Waals surface area contributed by atoms with E-state index in [1.54, 1.807) is 29.5 Å². The maximum absolute atomic E-state index is 12.5. The molecule has 2 heterocycles. The molecule has 4 rings (SSSR count). The van der Waals surface area contributed by atoms with Gasteiger partial charge >= 0.3 is 0 Å². The molecule has 1 aromatic heterocycles. The first-order valence-corrected chi connectivity index (χ1v) is 10.2. The van der Waals surface area contributed by atoms with E-state index < -0.39 is 0 Å². The number of carbonyl (C=O) groups excluding carboxylic acids is 1. The Morgan fingerprint density at radius 2 is 1.72 bits per heavy atom. The average Bonchev–Trinajstić information content (AvgIpc) is 3.33. The van der Waals surface area contributed by atoms with Crippen LogP contribution in [0.2, 0.25) is 10.0 Å². The Kier molecular flexibility index (Phi) is 5.09. The highest BCUT2D eigenvalue weighted by Gasteiger charge is 2.30. The first-order chi connectivity index (χ1) is 12.1. The lowest BCUT2D eigenvalue weighted by Crippen LogP contribution is -2.36. The largest absolute Gasteiger partial charge is 0.296 e. The van der Waals surface area contributed by atoms with Gasteiger partial charge in [0.2, 0.25) is 0 Å². The van der Waals surface area contributed by atoms with E-state index in [-0.39, 0.29) is 5.78 Å². The highest BCUT2D eigenvalue weighted by atomic mass is 35.5. The lowest BCUT2D eigenvalue weighted by atomic mass is 9.97. The lowest BCUT2D eigenvalue weighted by molar-refractivity contribution is 0.0909. The molecule has 2 fully saturated rings. The van der Waals surface area contributed by atoms with Crippen molar-refractivity contribution in [1.82, 2.24) is 15.1 Å². The Bertz CT molecular complexity index is 782. The number of benzene rings is 1. The molecular weight excluding hydrogens is 377 g/mol.